The highest BCUT2D eigenvalue weighted by molar-refractivity contribution is 5.81. The summed E-state index contributed by atoms with van der Waals surface area (Å²) in [6.45, 7) is 4.55. The van der Waals surface area contributed by atoms with Gasteiger partial charge >= 0.3 is 5.97 Å². The van der Waals surface area contributed by atoms with Gasteiger partial charge in [-0.2, -0.15) is 0 Å². The number of nitrogens with zero attached hydrogens (tertiary/aromatic N) is 1. The molecule has 1 aromatic carbocycles. The summed E-state index contributed by atoms with van der Waals surface area (Å²) in [5, 5.41) is 12.4. The van der Waals surface area contributed by atoms with Crippen LogP contribution in [0.5, 0.6) is 5.75 Å². The number of rotatable bonds is 9. The van der Waals surface area contributed by atoms with Crippen LogP contribution in [0.2, 0.25) is 0 Å². The first-order valence-electron chi connectivity index (χ1n) is 7.75. The number of likely N-dealkylation sites (N-methyl/N-ethyl adjacent to an activating group) is 1. The minimum atomic E-state index is -1.02. The molecule has 6 nitrogen and oxygen atoms in total. The smallest absolute Gasteiger partial charge is 0.325 e. The second-order valence-corrected chi connectivity index (χ2v) is 5.60. The molecule has 1 atom stereocenters. The van der Waals surface area contributed by atoms with E-state index in [0.717, 1.165) is 18.4 Å². The maximum atomic E-state index is 11.9. The minimum Gasteiger partial charge on any atom is -0.496 e. The Kier molecular flexibility index (Phi) is 7.54. The van der Waals surface area contributed by atoms with Crippen LogP contribution in [-0.4, -0.2) is 49.1 Å². The number of benzene rings is 1. The lowest BCUT2D eigenvalue weighted by Crippen LogP contribution is -2.40. The van der Waals surface area contributed by atoms with Gasteiger partial charge in [-0.3, -0.25) is 14.5 Å². The van der Waals surface area contributed by atoms with Crippen LogP contribution in [0.3, 0.4) is 0 Å². The third-order valence-electron chi connectivity index (χ3n) is 3.60. The largest absolute Gasteiger partial charge is 0.496 e. The van der Waals surface area contributed by atoms with Gasteiger partial charge in [0, 0.05) is 12.1 Å². The molecule has 128 valence electrons. The lowest BCUT2D eigenvalue weighted by Gasteiger charge is -2.26. The molecule has 0 saturated heterocycles. The third kappa shape index (κ3) is 5.56. The van der Waals surface area contributed by atoms with Gasteiger partial charge in [0.1, 0.15) is 11.8 Å². The lowest BCUT2D eigenvalue weighted by molar-refractivity contribution is -0.143. The minimum absolute atomic E-state index is 0.0117. The molecule has 1 aromatic rings. The van der Waals surface area contributed by atoms with Gasteiger partial charge in [-0.25, -0.2) is 0 Å². The van der Waals surface area contributed by atoms with Crippen LogP contribution in [0.25, 0.3) is 0 Å². The molecule has 0 heterocycles. The summed E-state index contributed by atoms with van der Waals surface area (Å²) in [5.74, 6) is -0.696. The summed E-state index contributed by atoms with van der Waals surface area (Å²) in [5.41, 5.74) is 1.48. The predicted molar refractivity (Wildman–Crippen MR) is 88.7 cm³/mol. The second kappa shape index (κ2) is 9.15. The number of carboxylic acids is 1. The molecule has 0 spiro atoms. The summed E-state index contributed by atoms with van der Waals surface area (Å²) in [4.78, 5) is 25.2. The van der Waals surface area contributed by atoms with Gasteiger partial charge in [0.05, 0.1) is 13.7 Å². The number of carbonyl (C=O) groups is 2. The van der Waals surface area contributed by atoms with Gasteiger partial charge < -0.3 is 15.2 Å². The first kappa shape index (κ1) is 19.0. The second-order valence-electron chi connectivity index (χ2n) is 5.60. The van der Waals surface area contributed by atoms with Crippen molar-refractivity contribution in [2.45, 2.75) is 32.7 Å². The fourth-order valence-corrected chi connectivity index (χ4v) is 2.40. The topological polar surface area (TPSA) is 78.9 Å². The Labute approximate surface area is 137 Å². The average molecular weight is 322 g/mol. The maximum absolute atomic E-state index is 11.9. The van der Waals surface area contributed by atoms with Crippen molar-refractivity contribution in [2.24, 2.45) is 0 Å². The van der Waals surface area contributed by atoms with E-state index in [1.165, 1.54) is 12.0 Å². The summed E-state index contributed by atoms with van der Waals surface area (Å²) in [6, 6.07) is 4.44. The van der Waals surface area contributed by atoms with E-state index in [1.54, 1.807) is 19.2 Å². The molecule has 0 aliphatic carbocycles. The number of ether oxygens (including phenoxy) is 1. The van der Waals surface area contributed by atoms with Crippen LogP contribution < -0.4 is 10.1 Å². The Bertz CT molecular complexity index is 545. The van der Waals surface area contributed by atoms with E-state index in [2.05, 4.69) is 5.32 Å². The van der Waals surface area contributed by atoms with Crippen molar-refractivity contribution >= 4 is 11.9 Å². The molecule has 0 aliphatic rings. The number of hydrogen-bond acceptors (Lipinski definition) is 4. The number of hydrogen-bond donors (Lipinski definition) is 2. The fraction of sp³-hybridized carbons (Fsp3) is 0.529. The summed E-state index contributed by atoms with van der Waals surface area (Å²) in [7, 11) is 3.13. The van der Waals surface area contributed by atoms with Crippen LogP contribution >= 0.6 is 0 Å². The van der Waals surface area contributed by atoms with Crippen molar-refractivity contribution in [1.29, 1.82) is 0 Å². The lowest BCUT2D eigenvalue weighted by atomic mass is 10.0. The maximum Gasteiger partial charge on any atom is 0.325 e. The van der Waals surface area contributed by atoms with E-state index >= 15 is 0 Å². The molecule has 1 unspecified atom stereocenters. The summed E-state index contributed by atoms with van der Waals surface area (Å²) in [6.07, 6.45) is 1.90. The number of aliphatic carboxylic acids is 1. The summed E-state index contributed by atoms with van der Waals surface area (Å²) >= 11 is 0. The molecule has 0 radical (unpaired) electrons. The Balaban J connectivity index is 2.92. The summed E-state index contributed by atoms with van der Waals surface area (Å²) < 4.78 is 5.28. The number of methoxy groups -OCH3 is 1. The van der Waals surface area contributed by atoms with Gasteiger partial charge in [-0.05, 0) is 26.5 Å². The van der Waals surface area contributed by atoms with E-state index in [1.807, 2.05) is 19.9 Å². The fourth-order valence-electron chi connectivity index (χ4n) is 2.40. The van der Waals surface area contributed by atoms with Crippen molar-refractivity contribution < 1.29 is 19.4 Å². The van der Waals surface area contributed by atoms with E-state index in [9.17, 15) is 14.7 Å². The van der Waals surface area contributed by atoms with Gasteiger partial charge in [-0.15, -0.1) is 0 Å². The number of unbranched alkanes of at least 4 members (excludes halogenated alkanes) is 1. The molecule has 6 heteroatoms. The van der Waals surface area contributed by atoms with Crippen LogP contribution in [0.1, 0.15) is 36.9 Å². The number of amides is 1. The number of carboxylic acid groups (broad SMARTS) is 1. The molecule has 0 aliphatic heterocycles. The Morgan fingerprint density at radius 3 is 2.65 bits per heavy atom. The number of carbonyl (C=O) groups excluding carboxylic acids is 1. The highest BCUT2D eigenvalue weighted by Crippen LogP contribution is 2.29. The highest BCUT2D eigenvalue weighted by atomic mass is 16.5. The first-order chi connectivity index (χ1) is 10.9. The van der Waals surface area contributed by atoms with Gasteiger partial charge in [0.15, 0.2) is 0 Å². The van der Waals surface area contributed by atoms with Crippen molar-refractivity contribution in [1.82, 2.24) is 10.2 Å². The zero-order valence-electron chi connectivity index (χ0n) is 14.3. The standard InChI is InChI=1S/C17H26N2O4/c1-5-6-9-18-15(20)11-19(3)16(17(21)22)13-10-12(2)7-8-14(13)23-4/h7-8,10,16H,5-6,9,11H2,1-4H3,(H,18,20)(H,21,22). The van der Waals surface area contributed by atoms with Gasteiger partial charge in [0.25, 0.3) is 0 Å². The van der Waals surface area contributed by atoms with E-state index < -0.39 is 12.0 Å². The van der Waals surface area contributed by atoms with Crippen molar-refractivity contribution in [3.63, 3.8) is 0 Å². The zero-order valence-corrected chi connectivity index (χ0v) is 14.3. The number of aryl methyl sites for hydroxylation is 1. The Hall–Kier alpha value is -2.08. The van der Waals surface area contributed by atoms with E-state index in [4.69, 9.17) is 4.74 Å². The van der Waals surface area contributed by atoms with E-state index in [0.29, 0.717) is 17.9 Å². The van der Waals surface area contributed by atoms with Crippen molar-refractivity contribution in [3.8, 4) is 5.75 Å². The quantitative estimate of drug-likeness (QED) is 0.680. The molecular weight excluding hydrogens is 296 g/mol. The van der Waals surface area contributed by atoms with Crippen LogP contribution in [-0.2, 0) is 9.59 Å². The SMILES string of the molecule is CCCCNC(=O)CN(C)C(C(=O)O)c1cc(C)ccc1OC. The monoisotopic (exact) mass is 322 g/mol. The third-order valence-corrected chi connectivity index (χ3v) is 3.60. The zero-order chi connectivity index (χ0) is 17.4. The van der Waals surface area contributed by atoms with Crippen LogP contribution in [0, 0.1) is 6.92 Å². The molecule has 0 aromatic heterocycles. The molecule has 0 fully saturated rings. The van der Waals surface area contributed by atoms with Crippen LogP contribution in [0.4, 0.5) is 0 Å². The normalized spacial score (nSPS) is 12.0. The molecule has 0 bridgehead atoms. The molecule has 2 N–H and O–H groups in total. The van der Waals surface area contributed by atoms with Gasteiger partial charge in [-0.1, -0.05) is 31.0 Å². The molecule has 23 heavy (non-hydrogen) atoms. The molecular formula is C17H26N2O4. The van der Waals surface area contributed by atoms with Gasteiger partial charge in [0.2, 0.25) is 5.91 Å². The first-order valence-corrected chi connectivity index (χ1v) is 7.75. The highest BCUT2D eigenvalue weighted by Gasteiger charge is 2.29. The van der Waals surface area contributed by atoms with Crippen molar-refractivity contribution in [2.75, 3.05) is 27.2 Å². The average Bonchev–Trinajstić information content (AvgIpc) is 2.47. The van der Waals surface area contributed by atoms with Crippen molar-refractivity contribution in [3.05, 3.63) is 29.3 Å². The molecule has 1 rings (SSSR count). The molecule has 0 saturated carbocycles. The van der Waals surface area contributed by atoms with Crippen LogP contribution in [0.15, 0.2) is 18.2 Å². The molecule has 1 amide bonds. The van der Waals surface area contributed by atoms with E-state index in [-0.39, 0.29) is 12.5 Å². The Morgan fingerprint density at radius 1 is 1.39 bits per heavy atom. The Morgan fingerprint density at radius 2 is 2.09 bits per heavy atom. The number of nitrogens with one attached hydrogen (secondary N) is 1. The predicted octanol–water partition coefficient (Wildman–Crippen LogP) is 1.98.